The Morgan fingerprint density at radius 3 is 2.21 bits per heavy atom. The quantitative estimate of drug-likeness (QED) is 0.851. The average molecular weight is 267 g/mol. The number of hydrogen-bond acceptors (Lipinski definition) is 3. The first-order valence-electron chi connectivity index (χ1n) is 8.31. The number of rotatable bonds is 3. The highest BCUT2D eigenvalue weighted by molar-refractivity contribution is 4.88. The molecule has 1 atom stereocenters. The van der Waals surface area contributed by atoms with E-state index in [0.717, 1.165) is 32.0 Å². The molecule has 2 aliphatic carbocycles. The average Bonchev–Trinajstić information content (AvgIpc) is 2.91. The summed E-state index contributed by atoms with van der Waals surface area (Å²) in [6.45, 7) is 3.97. The van der Waals surface area contributed by atoms with Gasteiger partial charge in [0.15, 0.2) is 5.79 Å². The molecule has 3 fully saturated rings. The van der Waals surface area contributed by atoms with Gasteiger partial charge in [0.2, 0.25) is 0 Å². The van der Waals surface area contributed by atoms with E-state index in [1.165, 1.54) is 44.9 Å². The molecule has 0 unspecified atom stereocenters. The van der Waals surface area contributed by atoms with Crippen LogP contribution in [0.5, 0.6) is 0 Å². The van der Waals surface area contributed by atoms with Crippen molar-refractivity contribution in [3.05, 3.63) is 0 Å². The molecule has 1 N–H and O–H groups in total. The molecule has 0 radical (unpaired) electrons. The zero-order valence-corrected chi connectivity index (χ0v) is 12.3. The molecular weight excluding hydrogens is 238 g/mol. The van der Waals surface area contributed by atoms with Crippen molar-refractivity contribution in [3.63, 3.8) is 0 Å². The van der Waals surface area contributed by atoms with Crippen molar-refractivity contribution in [1.82, 2.24) is 5.32 Å². The zero-order valence-electron chi connectivity index (χ0n) is 12.3. The van der Waals surface area contributed by atoms with Gasteiger partial charge < -0.3 is 14.8 Å². The molecule has 0 aromatic heterocycles. The van der Waals surface area contributed by atoms with E-state index >= 15 is 0 Å². The molecule has 1 spiro atoms. The van der Waals surface area contributed by atoms with Crippen molar-refractivity contribution in [2.45, 2.75) is 82.6 Å². The summed E-state index contributed by atoms with van der Waals surface area (Å²) >= 11 is 0. The van der Waals surface area contributed by atoms with Crippen LogP contribution in [0.15, 0.2) is 0 Å². The third-order valence-corrected chi connectivity index (χ3v) is 5.42. The van der Waals surface area contributed by atoms with E-state index in [9.17, 15) is 0 Å². The van der Waals surface area contributed by atoms with E-state index in [2.05, 4.69) is 12.2 Å². The molecule has 3 rings (SSSR count). The molecule has 110 valence electrons. The van der Waals surface area contributed by atoms with Gasteiger partial charge in [-0.25, -0.2) is 0 Å². The summed E-state index contributed by atoms with van der Waals surface area (Å²) in [5.41, 5.74) is 0. The fourth-order valence-corrected chi connectivity index (χ4v) is 4.15. The predicted molar refractivity (Wildman–Crippen MR) is 76.1 cm³/mol. The molecule has 0 bridgehead atoms. The summed E-state index contributed by atoms with van der Waals surface area (Å²) in [6.07, 6.45) is 11.7. The summed E-state index contributed by atoms with van der Waals surface area (Å²) in [4.78, 5) is 0. The van der Waals surface area contributed by atoms with Crippen molar-refractivity contribution < 1.29 is 9.47 Å². The first kappa shape index (κ1) is 13.8. The Labute approximate surface area is 117 Å². The minimum absolute atomic E-state index is 0.202. The van der Waals surface area contributed by atoms with Gasteiger partial charge in [-0.1, -0.05) is 19.3 Å². The number of hydrogen-bond donors (Lipinski definition) is 1. The highest BCUT2D eigenvalue weighted by Crippen LogP contribution is 2.36. The Hall–Kier alpha value is -0.120. The largest absolute Gasteiger partial charge is 0.348 e. The maximum Gasteiger partial charge on any atom is 0.168 e. The summed E-state index contributed by atoms with van der Waals surface area (Å²) in [5.74, 6) is 0.704. The monoisotopic (exact) mass is 267 g/mol. The molecule has 0 amide bonds. The Balaban J connectivity index is 1.43. The summed E-state index contributed by atoms with van der Waals surface area (Å²) in [5, 5.41) is 3.88. The van der Waals surface area contributed by atoms with E-state index in [1.54, 1.807) is 0 Å². The third-order valence-electron chi connectivity index (χ3n) is 5.42. The molecule has 1 saturated heterocycles. The lowest BCUT2D eigenvalue weighted by Crippen LogP contribution is -2.47. The topological polar surface area (TPSA) is 30.5 Å². The molecule has 3 nitrogen and oxygen atoms in total. The van der Waals surface area contributed by atoms with Gasteiger partial charge in [0.1, 0.15) is 0 Å². The third kappa shape index (κ3) is 3.32. The van der Waals surface area contributed by atoms with Crippen LogP contribution < -0.4 is 5.32 Å². The minimum atomic E-state index is -0.202. The van der Waals surface area contributed by atoms with Gasteiger partial charge in [0.05, 0.1) is 13.2 Å². The van der Waals surface area contributed by atoms with Crippen LogP contribution in [0.3, 0.4) is 0 Å². The van der Waals surface area contributed by atoms with E-state index < -0.39 is 0 Å². The maximum absolute atomic E-state index is 5.80. The van der Waals surface area contributed by atoms with E-state index in [1.807, 2.05) is 0 Å². The van der Waals surface area contributed by atoms with Crippen LogP contribution in [-0.2, 0) is 9.47 Å². The van der Waals surface area contributed by atoms with Gasteiger partial charge in [-0.2, -0.15) is 0 Å². The summed E-state index contributed by atoms with van der Waals surface area (Å²) in [6, 6.07) is 1.36. The standard InChI is InChI=1S/C16H29NO2/c1-13(14-5-3-2-4-6-14)17-15-7-9-16(10-8-15)18-11-12-19-16/h13-15,17H,2-12H2,1H3/t13-/m1/s1. The minimum Gasteiger partial charge on any atom is -0.348 e. The predicted octanol–water partition coefficient (Wildman–Crippen LogP) is 3.23. The fraction of sp³-hybridized carbons (Fsp3) is 1.00. The van der Waals surface area contributed by atoms with E-state index in [0.29, 0.717) is 12.1 Å². The second kappa shape index (κ2) is 6.11. The molecular formula is C16H29NO2. The van der Waals surface area contributed by atoms with Gasteiger partial charge in [-0.15, -0.1) is 0 Å². The normalized spacial score (nSPS) is 30.8. The fourth-order valence-electron chi connectivity index (χ4n) is 4.15. The lowest BCUT2D eigenvalue weighted by atomic mass is 9.83. The molecule has 0 aromatic rings. The number of nitrogens with one attached hydrogen (secondary N) is 1. The Morgan fingerprint density at radius 2 is 1.58 bits per heavy atom. The molecule has 1 heterocycles. The van der Waals surface area contributed by atoms with Crippen LogP contribution in [0.1, 0.15) is 64.7 Å². The smallest absolute Gasteiger partial charge is 0.168 e. The van der Waals surface area contributed by atoms with E-state index in [4.69, 9.17) is 9.47 Å². The van der Waals surface area contributed by atoms with Crippen LogP contribution in [0.25, 0.3) is 0 Å². The number of ether oxygens (including phenoxy) is 2. The van der Waals surface area contributed by atoms with Crippen LogP contribution in [0, 0.1) is 5.92 Å². The van der Waals surface area contributed by atoms with Crippen molar-refractivity contribution in [2.24, 2.45) is 5.92 Å². The van der Waals surface area contributed by atoms with Gasteiger partial charge in [-0.3, -0.25) is 0 Å². The zero-order chi connectivity index (χ0) is 13.1. The van der Waals surface area contributed by atoms with Crippen LogP contribution in [-0.4, -0.2) is 31.1 Å². The van der Waals surface area contributed by atoms with Gasteiger partial charge in [0, 0.05) is 24.9 Å². The Morgan fingerprint density at radius 1 is 0.947 bits per heavy atom. The molecule has 0 aromatic carbocycles. The van der Waals surface area contributed by atoms with Crippen molar-refractivity contribution in [2.75, 3.05) is 13.2 Å². The lowest BCUT2D eigenvalue weighted by molar-refractivity contribution is -0.179. The first-order valence-corrected chi connectivity index (χ1v) is 8.31. The van der Waals surface area contributed by atoms with Gasteiger partial charge in [-0.05, 0) is 38.5 Å². The Kier molecular flexibility index (Phi) is 4.45. The molecule has 3 heteroatoms. The van der Waals surface area contributed by atoms with Crippen molar-refractivity contribution >= 4 is 0 Å². The molecule has 3 aliphatic rings. The van der Waals surface area contributed by atoms with Crippen LogP contribution in [0.2, 0.25) is 0 Å². The molecule has 2 saturated carbocycles. The van der Waals surface area contributed by atoms with Crippen molar-refractivity contribution in [3.8, 4) is 0 Å². The van der Waals surface area contributed by atoms with Crippen molar-refractivity contribution in [1.29, 1.82) is 0 Å². The SMILES string of the molecule is C[C@@H](NC1CCC2(CC1)OCCO2)C1CCCCC1. The molecule has 1 aliphatic heterocycles. The van der Waals surface area contributed by atoms with Gasteiger partial charge in [0.25, 0.3) is 0 Å². The Bertz CT molecular complexity index is 272. The van der Waals surface area contributed by atoms with Crippen LogP contribution in [0.4, 0.5) is 0 Å². The highest BCUT2D eigenvalue weighted by atomic mass is 16.7. The lowest BCUT2D eigenvalue weighted by Gasteiger charge is -2.38. The first-order chi connectivity index (χ1) is 9.27. The maximum atomic E-state index is 5.80. The second-order valence-electron chi connectivity index (χ2n) is 6.74. The van der Waals surface area contributed by atoms with Crippen LogP contribution >= 0.6 is 0 Å². The second-order valence-corrected chi connectivity index (χ2v) is 6.74. The summed E-state index contributed by atoms with van der Waals surface area (Å²) < 4.78 is 11.6. The van der Waals surface area contributed by atoms with Gasteiger partial charge >= 0.3 is 0 Å². The van der Waals surface area contributed by atoms with E-state index in [-0.39, 0.29) is 5.79 Å². The molecule has 19 heavy (non-hydrogen) atoms. The highest BCUT2D eigenvalue weighted by Gasteiger charge is 2.40. The summed E-state index contributed by atoms with van der Waals surface area (Å²) in [7, 11) is 0.